The van der Waals surface area contributed by atoms with Crippen molar-refractivity contribution in [3.05, 3.63) is 54.0 Å². The summed E-state index contributed by atoms with van der Waals surface area (Å²) in [6.07, 6.45) is 2.49. The Balaban J connectivity index is 1.71. The number of furan rings is 1. The van der Waals surface area contributed by atoms with E-state index in [1.807, 2.05) is 0 Å². The summed E-state index contributed by atoms with van der Waals surface area (Å²) in [4.78, 5) is 23.6. The molecule has 0 atom stereocenters. The zero-order valence-corrected chi connectivity index (χ0v) is 14.5. The SMILES string of the molecule is CC(C)CCOc1ccc(C(=O)OCC(=O)NCc2ccco2)cc1. The Labute approximate surface area is 147 Å². The molecule has 134 valence electrons. The zero-order chi connectivity index (χ0) is 18.1. The summed E-state index contributed by atoms with van der Waals surface area (Å²) in [7, 11) is 0. The fourth-order valence-electron chi connectivity index (χ4n) is 1.96. The number of nitrogens with one attached hydrogen (secondary N) is 1. The molecule has 25 heavy (non-hydrogen) atoms. The molecule has 0 fully saturated rings. The Kier molecular flexibility index (Phi) is 7.07. The Bertz CT molecular complexity index is 662. The van der Waals surface area contributed by atoms with E-state index in [0.29, 0.717) is 29.6 Å². The molecule has 1 N–H and O–H groups in total. The highest BCUT2D eigenvalue weighted by Gasteiger charge is 2.10. The fourth-order valence-corrected chi connectivity index (χ4v) is 1.96. The maximum Gasteiger partial charge on any atom is 0.338 e. The smallest absolute Gasteiger partial charge is 0.338 e. The molecule has 0 aliphatic carbocycles. The van der Waals surface area contributed by atoms with Crippen LogP contribution < -0.4 is 10.1 Å². The lowest BCUT2D eigenvalue weighted by Gasteiger charge is -2.09. The van der Waals surface area contributed by atoms with Gasteiger partial charge in [-0.15, -0.1) is 0 Å². The number of carbonyl (C=O) groups excluding carboxylic acids is 2. The summed E-state index contributed by atoms with van der Waals surface area (Å²) in [5, 5.41) is 2.60. The second-order valence-corrected chi connectivity index (χ2v) is 5.99. The van der Waals surface area contributed by atoms with Gasteiger partial charge in [-0.25, -0.2) is 4.79 Å². The average Bonchev–Trinajstić information content (AvgIpc) is 3.11. The van der Waals surface area contributed by atoms with Crippen LogP contribution in [0.3, 0.4) is 0 Å². The first-order chi connectivity index (χ1) is 12.0. The Morgan fingerprint density at radius 2 is 1.92 bits per heavy atom. The average molecular weight is 345 g/mol. The molecule has 0 unspecified atom stereocenters. The quantitative estimate of drug-likeness (QED) is 0.706. The monoisotopic (exact) mass is 345 g/mol. The molecular weight excluding hydrogens is 322 g/mol. The first-order valence-electron chi connectivity index (χ1n) is 8.23. The van der Waals surface area contributed by atoms with Gasteiger partial charge in [-0.1, -0.05) is 13.8 Å². The summed E-state index contributed by atoms with van der Waals surface area (Å²) in [5.74, 6) is 0.967. The largest absolute Gasteiger partial charge is 0.494 e. The van der Waals surface area contributed by atoms with Crippen molar-refractivity contribution in [2.24, 2.45) is 5.92 Å². The highest BCUT2D eigenvalue weighted by Crippen LogP contribution is 2.14. The van der Waals surface area contributed by atoms with Crippen LogP contribution in [0.5, 0.6) is 5.75 Å². The molecule has 1 amide bonds. The van der Waals surface area contributed by atoms with Crippen LogP contribution in [0.25, 0.3) is 0 Å². The van der Waals surface area contributed by atoms with Crippen LogP contribution in [-0.4, -0.2) is 25.1 Å². The second-order valence-electron chi connectivity index (χ2n) is 5.99. The molecule has 0 saturated heterocycles. The minimum atomic E-state index is -0.554. The Morgan fingerprint density at radius 3 is 2.56 bits per heavy atom. The highest BCUT2D eigenvalue weighted by molar-refractivity contribution is 5.91. The van der Waals surface area contributed by atoms with E-state index in [0.717, 1.165) is 6.42 Å². The lowest BCUT2D eigenvalue weighted by atomic mass is 10.1. The predicted molar refractivity (Wildman–Crippen MR) is 92.2 cm³/mol. The third-order valence-electron chi connectivity index (χ3n) is 3.43. The van der Waals surface area contributed by atoms with Crippen molar-refractivity contribution in [3.63, 3.8) is 0 Å². The summed E-state index contributed by atoms with van der Waals surface area (Å²) in [6, 6.07) is 10.2. The number of benzene rings is 1. The van der Waals surface area contributed by atoms with Crippen LogP contribution in [0, 0.1) is 5.92 Å². The van der Waals surface area contributed by atoms with Crippen molar-refractivity contribution >= 4 is 11.9 Å². The molecule has 0 bridgehead atoms. The van der Waals surface area contributed by atoms with E-state index < -0.39 is 11.9 Å². The predicted octanol–water partition coefficient (Wildman–Crippen LogP) is 3.18. The van der Waals surface area contributed by atoms with Gasteiger partial charge in [0.25, 0.3) is 5.91 Å². The van der Waals surface area contributed by atoms with Gasteiger partial charge in [0.2, 0.25) is 0 Å². The number of hydrogen-bond acceptors (Lipinski definition) is 5. The standard InChI is InChI=1S/C19H23NO5/c1-14(2)9-11-24-16-7-5-15(6-8-16)19(22)25-13-18(21)20-12-17-4-3-10-23-17/h3-8,10,14H,9,11-13H2,1-2H3,(H,20,21). The van der Waals surface area contributed by atoms with E-state index >= 15 is 0 Å². The van der Waals surface area contributed by atoms with Gasteiger partial charge in [-0.3, -0.25) is 4.79 Å². The van der Waals surface area contributed by atoms with E-state index in [2.05, 4.69) is 19.2 Å². The molecule has 1 heterocycles. The fraction of sp³-hybridized carbons (Fsp3) is 0.368. The van der Waals surface area contributed by atoms with Gasteiger partial charge in [-0.2, -0.15) is 0 Å². The molecule has 6 heteroatoms. The van der Waals surface area contributed by atoms with Crippen molar-refractivity contribution < 1.29 is 23.5 Å². The van der Waals surface area contributed by atoms with Gasteiger partial charge in [0.1, 0.15) is 11.5 Å². The molecule has 0 spiro atoms. The molecule has 1 aromatic heterocycles. The summed E-state index contributed by atoms with van der Waals surface area (Å²) in [5.41, 5.74) is 0.370. The molecule has 6 nitrogen and oxygen atoms in total. The lowest BCUT2D eigenvalue weighted by Crippen LogP contribution is -2.28. The first kappa shape index (κ1) is 18.6. The number of amides is 1. The molecule has 0 aliphatic heterocycles. The lowest BCUT2D eigenvalue weighted by molar-refractivity contribution is -0.124. The van der Waals surface area contributed by atoms with Crippen molar-refractivity contribution in [3.8, 4) is 5.75 Å². The van der Waals surface area contributed by atoms with Gasteiger partial charge in [0.05, 0.1) is 25.0 Å². The second kappa shape index (κ2) is 9.52. The Hall–Kier alpha value is -2.76. The summed E-state index contributed by atoms with van der Waals surface area (Å²) < 4.78 is 15.7. The molecule has 0 aliphatic rings. The van der Waals surface area contributed by atoms with E-state index in [1.54, 1.807) is 36.4 Å². The van der Waals surface area contributed by atoms with Gasteiger partial charge in [0.15, 0.2) is 6.61 Å². The Morgan fingerprint density at radius 1 is 1.16 bits per heavy atom. The van der Waals surface area contributed by atoms with Crippen molar-refractivity contribution in [1.29, 1.82) is 0 Å². The van der Waals surface area contributed by atoms with Crippen LogP contribution in [0.15, 0.2) is 47.1 Å². The van der Waals surface area contributed by atoms with Crippen molar-refractivity contribution in [2.75, 3.05) is 13.2 Å². The maximum atomic E-state index is 11.9. The summed E-state index contributed by atoms with van der Waals surface area (Å²) in [6.45, 7) is 4.82. The number of rotatable bonds is 9. The molecule has 2 aromatic rings. The van der Waals surface area contributed by atoms with Gasteiger partial charge < -0.3 is 19.2 Å². The van der Waals surface area contributed by atoms with Crippen LogP contribution >= 0.6 is 0 Å². The van der Waals surface area contributed by atoms with E-state index in [9.17, 15) is 9.59 Å². The minimum absolute atomic E-state index is 0.256. The number of hydrogen-bond donors (Lipinski definition) is 1. The third-order valence-corrected chi connectivity index (χ3v) is 3.43. The first-order valence-corrected chi connectivity index (χ1v) is 8.23. The van der Waals surface area contributed by atoms with Crippen LogP contribution in [0.2, 0.25) is 0 Å². The van der Waals surface area contributed by atoms with Gasteiger partial charge >= 0.3 is 5.97 Å². The normalized spacial score (nSPS) is 10.5. The highest BCUT2D eigenvalue weighted by atomic mass is 16.5. The van der Waals surface area contributed by atoms with Crippen molar-refractivity contribution in [1.82, 2.24) is 5.32 Å². The summed E-state index contributed by atoms with van der Waals surface area (Å²) >= 11 is 0. The maximum absolute atomic E-state index is 11.9. The third kappa shape index (κ3) is 6.71. The van der Waals surface area contributed by atoms with Gasteiger partial charge in [0, 0.05) is 0 Å². The minimum Gasteiger partial charge on any atom is -0.494 e. The topological polar surface area (TPSA) is 77.8 Å². The molecule has 1 aromatic carbocycles. The molecule has 0 radical (unpaired) electrons. The number of esters is 1. The number of carbonyl (C=O) groups is 2. The van der Waals surface area contributed by atoms with E-state index in [1.165, 1.54) is 6.26 Å². The van der Waals surface area contributed by atoms with E-state index in [-0.39, 0.29) is 13.2 Å². The van der Waals surface area contributed by atoms with Gasteiger partial charge in [-0.05, 0) is 48.7 Å². The van der Waals surface area contributed by atoms with Crippen molar-refractivity contribution in [2.45, 2.75) is 26.8 Å². The molecular formula is C19H23NO5. The molecule has 2 rings (SSSR count). The zero-order valence-electron chi connectivity index (χ0n) is 14.5. The van der Waals surface area contributed by atoms with Crippen LogP contribution in [-0.2, 0) is 16.1 Å². The number of ether oxygens (including phenoxy) is 2. The van der Waals surface area contributed by atoms with Crippen LogP contribution in [0.4, 0.5) is 0 Å². The van der Waals surface area contributed by atoms with E-state index in [4.69, 9.17) is 13.9 Å². The molecule has 0 saturated carbocycles. The van der Waals surface area contributed by atoms with Crippen LogP contribution in [0.1, 0.15) is 36.4 Å².